The molecule has 2 unspecified atom stereocenters. The van der Waals surface area contributed by atoms with Crippen LogP contribution in [0.2, 0.25) is 5.02 Å². The highest BCUT2D eigenvalue weighted by Crippen LogP contribution is 2.45. The van der Waals surface area contributed by atoms with Crippen LogP contribution >= 0.6 is 11.6 Å². The average molecular weight is 284 g/mol. The largest absolute Gasteiger partial charge is 0.481 e. The number of halogens is 1. The van der Waals surface area contributed by atoms with E-state index in [-0.39, 0.29) is 34.8 Å². The lowest BCUT2D eigenvalue weighted by molar-refractivity contribution is -0.386. The van der Waals surface area contributed by atoms with Crippen LogP contribution in [0.1, 0.15) is 26.7 Å². The Kier molecular flexibility index (Phi) is 3.49. The van der Waals surface area contributed by atoms with Gasteiger partial charge in [-0.2, -0.15) is 0 Å². The Morgan fingerprint density at radius 2 is 2.26 bits per heavy atom. The van der Waals surface area contributed by atoms with Crippen LogP contribution in [0.25, 0.3) is 0 Å². The first-order valence-electron chi connectivity index (χ1n) is 6.03. The minimum Gasteiger partial charge on any atom is -0.481 e. The van der Waals surface area contributed by atoms with Gasteiger partial charge in [-0.25, -0.2) is 0 Å². The van der Waals surface area contributed by atoms with E-state index in [1.54, 1.807) is 0 Å². The summed E-state index contributed by atoms with van der Waals surface area (Å²) in [6.07, 6.45) is 0.546. The van der Waals surface area contributed by atoms with E-state index in [1.165, 1.54) is 18.2 Å². The maximum atomic E-state index is 11.6. The molecule has 0 spiro atoms. The fourth-order valence-corrected chi connectivity index (χ4v) is 2.39. The number of nitro groups is 1. The second-order valence-electron chi connectivity index (χ2n) is 4.85. The lowest BCUT2D eigenvalue weighted by Crippen LogP contribution is -2.54. The van der Waals surface area contributed by atoms with Gasteiger partial charge in [-0.1, -0.05) is 24.6 Å². The van der Waals surface area contributed by atoms with Crippen LogP contribution in [0.4, 0.5) is 5.69 Å². The number of ether oxygens (including phenoxy) is 1. The van der Waals surface area contributed by atoms with Crippen molar-refractivity contribution < 1.29 is 14.5 Å². The van der Waals surface area contributed by atoms with Gasteiger partial charge < -0.3 is 4.74 Å². The van der Waals surface area contributed by atoms with Gasteiger partial charge in [0.2, 0.25) is 5.75 Å². The zero-order valence-electron chi connectivity index (χ0n) is 10.7. The van der Waals surface area contributed by atoms with Crippen molar-refractivity contribution in [3.8, 4) is 5.75 Å². The summed E-state index contributed by atoms with van der Waals surface area (Å²) in [6.45, 7) is 3.71. The minimum absolute atomic E-state index is 0.0475. The van der Waals surface area contributed by atoms with E-state index < -0.39 is 10.3 Å². The molecule has 1 aromatic carbocycles. The Morgan fingerprint density at radius 3 is 2.79 bits per heavy atom. The van der Waals surface area contributed by atoms with Crippen molar-refractivity contribution in [2.24, 2.45) is 5.41 Å². The number of hydrogen-bond acceptors (Lipinski definition) is 4. The van der Waals surface area contributed by atoms with Crippen molar-refractivity contribution in [3.63, 3.8) is 0 Å². The fourth-order valence-electron chi connectivity index (χ4n) is 2.17. The summed E-state index contributed by atoms with van der Waals surface area (Å²) in [7, 11) is 0. The monoisotopic (exact) mass is 283 g/mol. The molecule has 5 nitrogen and oxygen atoms in total. The first kappa shape index (κ1) is 13.8. The van der Waals surface area contributed by atoms with E-state index in [1.807, 2.05) is 13.8 Å². The molecule has 0 aliphatic heterocycles. The van der Waals surface area contributed by atoms with Crippen LogP contribution in [-0.2, 0) is 4.79 Å². The molecule has 1 fully saturated rings. The van der Waals surface area contributed by atoms with E-state index >= 15 is 0 Å². The van der Waals surface area contributed by atoms with Gasteiger partial charge in [-0.15, -0.1) is 0 Å². The summed E-state index contributed by atoms with van der Waals surface area (Å²) in [5.74, 6) is 0.168. The molecule has 2 rings (SSSR count). The highest BCUT2D eigenvalue weighted by molar-refractivity contribution is 6.32. The average Bonchev–Trinajstić information content (AvgIpc) is 2.38. The van der Waals surface area contributed by atoms with Crippen molar-refractivity contribution in [3.05, 3.63) is 33.3 Å². The molecule has 1 aliphatic rings. The zero-order chi connectivity index (χ0) is 14.2. The van der Waals surface area contributed by atoms with Gasteiger partial charge in [0.05, 0.1) is 15.4 Å². The Balaban J connectivity index is 2.30. The molecule has 0 heterocycles. The van der Waals surface area contributed by atoms with Gasteiger partial charge in [0.25, 0.3) is 0 Å². The zero-order valence-corrected chi connectivity index (χ0v) is 11.4. The number of rotatable bonds is 4. The predicted octanol–water partition coefficient (Wildman–Crippen LogP) is 3.38. The summed E-state index contributed by atoms with van der Waals surface area (Å²) in [6, 6.07) is 4.37. The van der Waals surface area contributed by atoms with Crippen LogP contribution in [0.5, 0.6) is 5.75 Å². The third-order valence-corrected chi connectivity index (χ3v) is 4.15. The van der Waals surface area contributed by atoms with Gasteiger partial charge in [-0.05, 0) is 19.4 Å². The Bertz CT molecular complexity index is 545. The number of carbonyl (C=O) groups is 1. The molecule has 0 bridgehead atoms. The molecule has 0 N–H and O–H groups in total. The maximum Gasteiger partial charge on any atom is 0.312 e. The minimum atomic E-state index is -0.576. The number of nitro benzene ring substituents is 1. The molecule has 1 saturated carbocycles. The van der Waals surface area contributed by atoms with Crippen LogP contribution in [0, 0.1) is 15.5 Å². The molecule has 0 radical (unpaired) electrons. The summed E-state index contributed by atoms with van der Waals surface area (Å²) in [4.78, 5) is 22.1. The van der Waals surface area contributed by atoms with Gasteiger partial charge >= 0.3 is 5.69 Å². The van der Waals surface area contributed by atoms with Crippen LogP contribution in [0.3, 0.4) is 0 Å². The smallest absolute Gasteiger partial charge is 0.312 e. The lowest BCUT2D eigenvalue weighted by atomic mass is 9.64. The number of carbonyl (C=O) groups excluding carboxylic acids is 1. The van der Waals surface area contributed by atoms with Crippen molar-refractivity contribution >= 4 is 23.1 Å². The topological polar surface area (TPSA) is 69.4 Å². The second-order valence-corrected chi connectivity index (χ2v) is 5.26. The van der Waals surface area contributed by atoms with Crippen LogP contribution in [-0.4, -0.2) is 16.8 Å². The molecule has 1 aliphatic carbocycles. The lowest BCUT2D eigenvalue weighted by Gasteiger charge is -2.44. The predicted molar refractivity (Wildman–Crippen MR) is 70.5 cm³/mol. The molecule has 6 heteroatoms. The Morgan fingerprint density at radius 1 is 1.58 bits per heavy atom. The SMILES string of the molecule is CCC1(C)C(=O)CC1Oc1c(Cl)cccc1[N+](=O)[O-]. The van der Waals surface area contributed by atoms with Crippen molar-refractivity contribution in [1.82, 2.24) is 0 Å². The number of benzene rings is 1. The van der Waals surface area contributed by atoms with Gasteiger partial charge in [0.1, 0.15) is 11.9 Å². The van der Waals surface area contributed by atoms with Crippen LogP contribution in [0.15, 0.2) is 18.2 Å². The molecular formula is C13H14ClNO4. The number of Topliss-reactive ketones (excluding diaryl/α,β-unsaturated/α-hetero) is 1. The molecule has 1 aromatic rings. The standard InChI is InChI=1S/C13H14ClNO4/c1-3-13(2)10(16)7-11(13)19-12-8(14)5-4-6-9(12)15(17)18/h4-6,11H,3,7H2,1-2H3. The van der Waals surface area contributed by atoms with E-state index in [4.69, 9.17) is 16.3 Å². The third kappa shape index (κ3) is 2.18. The maximum absolute atomic E-state index is 11.6. The van der Waals surface area contributed by atoms with E-state index in [9.17, 15) is 14.9 Å². The highest BCUT2D eigenvalue weighted by atomic mass is 35.5. The molecule has 0 aromatic heterocycles. The van der Waals surface area contributed by atoms with Crippen molar-refractivity contribution in [1.29, 1.82) is 0 Å². The first-order valence-corrected chi connectivity index (χ1v) is 6.40. The van der Waals surface area contributed by atoms with E-state index in [0.29, 0.717) is 6.42 Å². The summed E-state index contributed by atoms with van der Waals surface area (Å²) in [5.41, 5.74) is -0.752. The van der Waals surface area contributed by atoms with Crippen molar-refractivity contribution in [2.45, 2.75) is 32.8 Å². The van der Waals surface area contributed by atoms with Gasteiger partial charge in [0.15, 0.2) is 0 Å². The second kappa shape index (κ2) is 4.81. The van der Waals surface area contributed by atoms with Crippen LogP contribution < -0.4 is 4.74 Å². The summed E-state index contributed by atoms with van der Waals surface area (Å²) < 4.78 is 5.66. The molecule has 0 saturated heterocycles. The summed E-state index contributed by atoms with van der Waals surface area (Å²) >= 11 is 5.96. The highest BCUT2D eigenvalue weighted by Gasteiger charge is 2.52. The normalized spacial score (nSPS) is 25.8. The van der Waals surface area contributed by atoms with E-state index in [2.05, 4.69) is 0 Å². The summed E-state index contributed by atoms with van der Waals surface area (Å²) in [5, 5.41) is 11.1. The number of nitrogens with zero attached hydrogens (tertiary/aromatic N) is 1. The Hall–Kier alpha value is -1.62. The number of para-hydroxylation sites is 1. The number of ketones is 1. The third-order valence-electron chi connectivity index (χ3n) is 3.86. The fraction of sp³-hybridized carbons (Fsp3) is 0.462. The number of hydrogen-bond donors (Lipinski definition) is 0. The molecular weight excluding hydrogens is 270 g/mol. The van der Waals surface area contributed by atoms with Crippen molar-refractivity contribution in [2.75, 3.05) is 0 Å². The quantitative estimate of drug-likeness (QED) is 0.627. The Labute approximate surface area is 115 Å². The first-order chi connectivity index (χ1) is 8.90. The van der Waals surface area contributed by atoms with Gasteiger partial charge in [0, 0.05) is 12.5 Å². The van der Waals surface area contributed by atoms with Gasteiger partial charge in [-0.3, -0.25) is 14.9 Å². The molecule has 19 heavy (non-hydrogen) atoms. The molecule has 2 atom stereocenters. The molecule has 102 valence electrons. The van der Waals surface area contributed by atoms with E-state index in [0.717, 1.165) is 0 Å². The molecule has 0 amide bonds.